The number of hydrogen-bond acceptors (Lipinski definition) is 9. The van der Waals surface area contributed by atoms with Crippen LogP contribution in [-0.4, -0.2) is 90.1 Å². The van der Waals surface area contributed by atoms with E-state index in [-0.39, 0.29) is 59.8 Å². The molecule has 0 unspecified atom stereocenters. The molecule has 290 valence electrons. The molecule has 1 aromatic heterocycles. The molecule has 1 aliphatic heterocycles. The topological polar surface area (TPSA) is 171 Å². The van der Waals surface area contributed by atoms with Crippen LogP contribution < -0.4 is 11.1 Å². The summed E-state index contributed by atoms with van der Waals surface area (Å²) in [5.74, 6) is -0.394. The second-order valence-electron chi connectivity index (χ2n) is 16.2. The standard InChI is InChI=1S/C39H51Cl2N9O4/c1-37(2,3)34-32(44-25-18-27(40)33(54)28(41)19-25)35-45-46-36(50(35)47-34)38(4,5)39(6,7)43-20-30(52)49(26-16-12-9-13-17-26)23-31(53)48(22-29(42)51)21-24-14-10-8-11-15-24/h8,10-11,14-15,18-19,26,43,54H,9,12-13,16-17,20-23H2,1-7H3,(H2,42,51). The second-order valence-corrected chi connectivity index (χ2v) is 17.0. The van der Waals surface area contributed by atoms with Gasteiger partial charge < -0.3 is 26.0 Å². The van der Waals surface area contributed by atoms with Gasteiger partial charge in [-0.1, -0.05) is 107 Å². The molecule has 0 radical (unpaired) electrons. The van der Waals surface area contributed by atoms with Crippen molar-refractivity contribution in [2.75, 3.05) is 19.6 Å². The number of benzene rings is 2. The summed E-state index contributed by atoms with van der Waals surface area (Å²) in [6.07, 6.45) is 4.62. The summed E-state index contributed by atoms with van der Waals surface area (Å²) in [6.45, 7) is 13.8. The van der Waals surface area contributed by atoms with Crippen LogP contribution in [0.2, 0.25) is 10.0 Å². The van der Waals surface area contributed by atoms with Gasteiger partial charge in [0.15, 0.2) is 11.6 Å². The summed E-state index contributed by atoms with van der Waals surface area (Å²) >= 11 is 12.4. The SMILES string of the molecule is CC(C)(C)C1=Nn2c(nnc2C(C)(C)C(C)(C)NCC(=O)N(CC(=O)N(CC(N)=O)Cc2ccccc2)C2CCCCC2)C1=Nc1cc(Cl)c(O)c(Cl)c1. The maximum Gasteiger partial charge on any atom is 0.242 e. The summed E-state index contributed by atoms with van der Waals surface area (Å²) in [7, 11) is 0. The maximum absolute atomic E-state index is 14.2. The number of fused-ring (bicyclic) bond motifs is 1. The van der Waals surface area contributed by atoms with Crippen molar-refractivity contribution in [3.63, 3.8) is 0 Å². The Kier molecular flexibility index (Phi) is 12.2. The molecule has 13 nitrogen and oxygen atoms in total. The Balaban J connectivity index is 1.39. The first kappa shape index (κ1) is 40.8. The molecule has 1 aliphatic carbocycles. The first-order valence-corrected chi connectivity index (χ1v) is 19.0. The van der Waals surface area contributed by atoms with E-state index >= 15 is 0 Å². The smallest absolute Gasteiger partial charge is 0.242 e. The van der Waals surface area contributed by atoms with Gasteiger partial charge in [0.1, 0.15) is 12.3 Å². The molecule has 1 fully saturated rings. The fourth-order valence-corrected chi connectivity index (χ4v) is 7.18. The van der Waals surface area contributed by atoms with Crippen LogP contribution in [0.3, 0.4) is 0 Å². The third kappa shape index (κ3) is 8.96. The lowest BCUT2D eigenvalue weighted by molar-refractivity contribution is -0.144. The van der Waals surface area contributed by atoms with Crippen LogP contribution in [0, 0.1) is 5.41 Å². The van der Waals surface area contributed by atoms with Crippen molar-refractivity contribution in [2.45, 2.75) is 104 Å². The minimum absolute atomic E-state index is 0.0404. The van der Waals surface area contributed by atoms with E-state index in [1.807, 2.05) is 78.8 Å². The zero-order valence-electron chi connectivity index (χ0n) is 32.1. The molecule has 2 heterocycles. The minimum Gasteiger partial charge on any atom is -0.505 e. The van der Waals surface area contributed by atoms with Crippen LogP contribution in [0.15, 0.2) is 52.6 Å². The number of aromatic hydroxyl groups is 1. The molecule has 3 aromatic rings. The Morgan fingerprint density at radius 3 is 2.17 bits per heavy atom. The highest BCUT2D eigenvalue weighted by molar-refractivity contribution is 6.50. The number of carbonyl (C=O) groups is 3. The molecule has 0 atom stereocenters. The van der Waals surface area contributed by atoms with Gasteiger partial charge in [0, 0.05) is 29.0 Å². The number of aliphatic imine (C=N–C) groups is 1. The summed E-state index contributed by atoms with van der Waals surface area (Å²) in [6, 6.07) is 12.3. The van der Waals surface area contributed by atoms with Crippen molar-refractivity contribution in [1.29, 1.82) is 0 Å². The maximum atomic E-state index is 14.2. The number of halogens is 2. The van der Waals surface area contributed by atoms with Gasteiger partial charge in [-0.15, -0.1) is 10.2 Å². The van der Waals surface area contributed by atoms with Gasteiger partial charge in [0.2, 0.25) is 23.5 Å². The Labute approximate surface area is 327 Å². The van der Waals surface area contributed by atoms with Gasteiger partial charge in [0.05, 0.1) is 34.5 Å². The molecule has 2 aromatic carbocycles. The molecule has 0 bridgehead atoms. The predicted molar refractivity (Wildman–Crippen MR) is 211 cm³/mol. The molecular formula is C39H51Cl2N9O4. The molecule has 0 spiro atoms. The number of rotatable bonds is 13. The van der Waals surface area contributed by atoms with Crippen LogP contribution in [0.25, 0.3) is 0 Å². The highest BCUT2D eigenvalue weighted by Gasteiger charge is 2.46. The number of carbonyl (C=O) groups excluding carboxylic acids is 3. The number of amides is 3. The molecule has 5 rings (SSSR count). The molecule has 4 N–H and O–H groups in total. The van der Waals surface area contributed by atoms with Crippen molar-refractivity contribution < 1.29 is 19.5 Å². The third-order valence-corrected chi connectivity index (χ3v) is 11.2. The number of nitrogens with zero attached hydrogens (tertiary/aromatic N) is 7. The van der Waals surface area contributed by atoms with Crippen molar-refractivity contribution in [3.8, 4) is 5.75 Å². The number of phenolic OH excluding ortho intramolecular Hbond substituents is 1. The van der Waals surface area contributed by atoms with Crippen LogP contribution in [0.4, 0.5) is 5.69 Å². The summed E-state index contributed by atoms with van der Waals surface area (Å²) in [5.41, 5.74) is 6.09. The number of aromatic nitrogens is 3. The van der Waals surface area contributed by atoms with Gasteiger partial charge in [0.25, 0.3) is 0 Å². The van der Waals surface area contributed by atoms with E-state index in [0.29, 0.717) is 28.8 Å². The number of primary amides is 1. The molecule has 3 amide bonds. The Hall–Kier alpha value is -4.33. The predicted octanol–water partition coefficient (Wildman–Crippen LogP) is 6.00. The Bertz CT molecular complexity index is 1920. The van der Waals surface area contributed by atoms with E-state index in [2.05, 4.69) is 15.5 Å². The summed E-state index contributed by atoms with van der Waals surface area (Å²) < 4.78 is 1.70. The largest absolute Gasteiger partial charge is 0.505 e. The van der Waals surface area contributed by atoms with Crippen molar-refractivity contribution >= 4 is 58.0 Å². The van der Waals surface area contributed by atoms with Gasteiger partial charge >= 0.3 is 0 Å². The van der Waals surface area contributed by atoms with Gasteiger partial charge in [-0.3, -0.25) is 14.4 Å². The number of hydrogen-bond donors (Lipinski definition) is 3. The number of nitrogens with two attached hydrogens (primary N) is 1. The fourth-order valence-electron chi connectivity index (χ4n) is 6.70. The van der Waals surface area contributed by atoms with E-state index in [1.165, 1.54) is 17.0 Å². The van der Waals surface area contributed by atoms with Crippen molar-refractivity contribution in [2.24, 2.45) is 21.2 Å². The zero-order chi connectivity index (χ0) is 39.6. The quantitative estimate of drug-likeness (QED) is 0.191. The van der Waals surface area contributed by atoms with Gasteiger partial charge in [-0.2, -0.15) is 9.78 Å². The zero-order valence-corrected chi connectivity index (χ0v) is 33.6. The molecule has 54 heavy (non-hydrogen) atoms. The lowest BCUT2D eigenvalue weighted by Crippen LogP contribution is -2.58. The lowest BCUT2D eigenvalue weighted by Gasteiger charge is -2.42. The number of nitrogens with one attached hydrogen (secondary N) is 1. The lowest BCUT2D eigenvalue weighted by atomic mass is 9.73. The van der Waals surface area contributed by atoms with Crippen LogP contribution in [0.5, 0.6) is 5.75 Å². The summed E-state index contributed by atoms with van der Waals surface area (Å²) in [5, 5.41) is 27.8. The molecule has 2 aliphatic rings. The Morgan fingerprint density at radius 2 is 1.57 bits per heavy atom. The molecule has 15 heteroatoms. The number of phenols is 1. The fraction of sp³-hybridized carbons (Fsp3) is 0.513. The van der Waals surface area contributed by atoms with Gasteiger partial charge in [-0.25, -0.2) is 4.99 Å². The van der Waals surface area contributed by atoms with Crippen LogP contribution in [-0.2, 0) is 26.3 Å². The first-order chi connectivity index (χ1) is 25.3. The normalized spacial score (nSPS) is 15.9. The van der Waals surface area contributed by atoms with E-state index < -0.39 is 22.3 Å². The van der Waals surface area contributed by atoms with E-state index in [4.69, 9.17) is 39.0 Å². The molecular weight excluding hydrogens is 729 g/mol. The van der Waals surface area contributed by atoms with Crippen molar-refractivity contribution in [1.82, 2.24) is 30.0 Å². The second kappa shape index (κ2) is 16.2. The van der Waals surface area contributed by atoms with Gasteiger partial charge in [-0.05, 0) is 44.4 Å². The van der Waals surface area contributed by atoms with E-state index in [9.17, 15) is 19.5 Å². The average molecular weight is 781 g/mol. The average Bonchev–Trinajstić information content (AvgIpc) is 3.69. The highest BCUT2D eigenvalue weighted by atomic mass is 35.5. The third-order valence-electron chi connectivity index (χ3n) is 10.6. The van der Waals surface area contributed by atoms with Crippen molar-refractivity contribution in [3.05, 3.63) is 69.7 Å². The Morgan fingerprint density at radius 1 is 0.944 bits per heavy atom. The monoisotopic (exact) mass is 779 g/mol. The highest BCUT2D eigenvalue weighted by Crippen LogP contribution is 2.39. The molecule has 0 saturated heterocycles. The minimum atomic E-state index is -0.745. The van der Waals surface area contributed by atoms with E-state index in [1.54, 1.807) is 9.58 Å². The summed E-state index contributed by atoms with van der Waals surface area (Å²) in [4.78, 5) is 47.9. The first-order valence-electron chi connectivity index (χ1n) is 18.3. The van der Waals surface area contributed by atoms with Crippen LogP contribution in [0.1, 0.15) is 97.8 Å². The van der Waals surface area contributed by atoms with Crippen LogP contribution >= 0.6 is 23.2 Å². The molecule has 1 saturated carbocycles. The van der Waals surface area contributed by atoms with E-state index in [0.717, 1.165) is 37.7 Å².